The van der Waals surface area contributed by atoms with Crippen LogP contribution in [0.1, 0.15) is 46.0 Å². The van der Waals surface area contributed by atoms with Crippen LogP contribution in [0.2, 0.25) is 0 Å². The fraction of sp³-hybridized carbons (Fsp3) is 0.941. The molecule has 1 saturated heterocycles. The molecule has 1 unspecified atom stereocenters. The summed E-state index contributed by atoms with van der Waals surface area (Å²) in [6, 6.07) is 0. The minimum absolute atomic E-state index is 0.259. The summed E-state index contributed by atoms with van der Waals surface area (Å²) in [5, 5.41) is 6.83. The van der Waals surface area contributed by atoms with Crippen LogP contribution in [0.5, 0.6) is 0 Å². The van der Waals surface area contributed by atoms with Crippen molar-refractivity contribution in [3.8, 4) is 0 Å². The highest BCUT2D eigenvalue weighted by Gasteiger charge is 2.33. The normalized spacial score (nSPS) is 23.1. The molecule has 0 bridgehead atoms. The average molecular weight is 311 g/mol. The molecule has 2 rings (SSSR count). The first kappa shape index (κ1) is 17.5. The zero-order valence-corrected chi connectivity index (χ0v) is 14.5. The number of nitrogens with one attached hydrogen (secondary N) is 2. The van der Waals surface area contributed by atoms with E-state index in [2.05, 4.69) is 29.5 Å². The Labute approximate surface area is 135 Å². The number of hydrogen-bond donors (Lipinski definition) is 2. The van der Waals surface area contributed by atoms with Gasteiger partial charge in [0, 0.05) is 32.2 Å². The van der Waals surface area contributed by atoms with Gasteiger partial charge in [-0.3, -0.25) is 4.99 Å². The van der Waals surface area contributed by atoms with Gasteiger partial charge in [0.15, 0.2) is 5.96 Å². The van der Waals surface area contributed by atoms with Crippen molar-refractivity contribution in [1.29, 1.82) is 0 Å². The molecule has 0 spiro atoms. The van der Waals surface area contributed by atoms with Crippen molar-refractivity contribution in [2.75, 3.05) is 40.0 Å². The number of ether oxygens (including phenoxy) is 2. The van der Waals surface area contributed by atoms with Crippen LogP contribution in [0, 0.1) is 11.3 Å². The van der Waals surface area contributed by atoms with E-state index in [4.69, 9.17) is 9.47 Å². The summed E-state index contributed by atoms with van der Waals surface area (Å²) in [5.41, 5.74) is 0.259. The van der Waals surface area contributed by atoms with Crippen LogP contribution in [0.4, 0.5) is 0 Å². The average Bonchev–Trinajstić information content (AvgIpc) is 3.02. The van der Waals surface area contributed by atoms with Gasteiger partial charge in [0.1, 0.15) is 0 Å². The molecular formula is C17H33N3O2. The second-order valence-corrected chi connectivity index (χ2v) is 6.98. The Kier molecular flexibility index (Phi) is 6.96. The van der Waals surface area contributed by atoms with Gasteiger partial charge in [-0.25, -0.2) is 0 Å². The number of hydrogen-bond acceptors (Lipinski definition) is 3. The number of aliphatic imine (C=N–C) groups is 1. The molecule has 2 aliphatic rings. The van der Waals surface area contributed by atoms with Crippen LogP contribution < -0.4 is 10.6 Å². The van der Waals surface area contributed by atoms with Gasteiger partial charge in [-0.2, -0.15) is 0 Å². The van der Waals surface area contributed by atoms with Crippen molar-refractivity contribution in [1.82, 2.24) is 10.6 Å². The Morgan fingerprint density at radius 2 is 2.05 bits per heavy atom. The molecule has 22 heavy (non-hydrogen) atoms. The van der Waals surface area contributed by atoms with E-state index < -0.39 is 0 Å². The number of guanidine groups is 1. The second kappa shape index (κ2) is 8.73. The van der Waals surface area contributed by atoms with Crippen LogP contribution >= 0.6 is 0 Å². The van der Waals surface area contributed by atoms with Crippen LogP contribution in [-0.2, 0) is 9.47 Å². The van der Waals surface area contributed by atoms with Gasteiger partial charge in [-0.1, -0.05) is 19.8 Å². The van der Waals surface area contributed by atoms with Crippen molar-refractivity contribution >= 4 is 5.96 Å². The first-order chi connectivity index (χ1) is 10.7. The third kappa shape index (κ3) is 5.13. The molecule has 2 fully saturated rings. The smallest absolute Gasteiger partial charge is 0.191 e. The topological polar surface area (TPSA) is 54.9 Å². The molecule has 0 amide bonds. The second-order valence-electron chi connectivity index (χ2n) is 6.98. The van der Waals surface area contributed by atoms with Gasteiger partial charge >= 0.3 is 0 Å². The van der Waals surface area contributed by atoms with Crippen molar-refractivity contribution < 1.29 is 9.47 Å². The largest absolute Gasteiger partial charge is 0.380 e. The van der Waals surface area contributed by atoms with Crippen molar-refractivity contribution in [3.05, 3.63) is 0 Å². The lowest BCUT2D eigenvalue weighted by Crippen LogP contribution is -2.51. The summed E-state index contributed by atoms with van der Waals surface area (Å²) in [6.45, 7) is 8.64. The summed E-state index contributed by atoms with van der Waals surface area (Å²) in [7, 11) is 1.83. The zero-order chi connectivity index (χ0) is 15.8. The lowest BCUT2D eigenvalue weighted by molar-refractivity contribution is -0.0971. The first-order valence-corrected chi connectivity index (χ1v) is 8.81. The van der Waals surface area contributed by atoms with Gasteiger partial charge < -0.3 is 20.1 Å². The predicted octanol–water partition coefficient (Wildman–Crippen LogP) is 2.17. The molecule has 5 heteroatoms. The third-order valence-corrected chi connectivity index (χ3v) is 4.83. The van der Waals surface area contributed by atoms with Crippen molar-refractivity contribution in [2.24, 2.45) is 16.3 Å². The standard InChI is InChI=1S/C17H33N3O2/c1-4-22-15(14-7-5-6-8-14)9-10-19-16(18-3)20-11-17(2)12-21-13-17/h14-15H,4-13H2,1-3H3,(H2,18,19,20). The summed E-state index contributed by atoms with van der Waals surface area (Å²) in [5.74, 6) is 1.64. The highest BCUT2D eigenvalue weighted by molar-refractivity contribution is 5.79. The molecule has 1 saturated carbocycles. The monoisotopic (exact) mass is 311 g/mol. The minimum atomic E-state index is 0.259. The van der Waals surface area contributed by atoms with E-state index in [0.717, 1.165) is 51.2 Å². The lowest BCUT2D eigenvalue weighted by atomic mass is 9.89. The maximum Gasteiger partial charge on any atom is 0.191 e. The molecule has 1 aliphatic heterocycles. The molecule has 5 nitrogen and oxygen atoms in total. The molecular weight excluding hydrogens is 278 g/mol. The summed E-state index contributed by atoms with van der Waals surface area (Å²) in [4.78, 5) is 4.30. The van der Waals surface area contributed by atoms with Gasteiger partial charge in [0.25, 0.3) is 0 Å². The van der Waals surface area contributed by atoms with Crippen LogP contribution in [0.25, 0.3) is 0 Å². The summed E-state index contributed by atoms with van der Waals surface area (Å²) < 4.78 is 11.2. The van der Waals surface area contributed by atoms with E-state index in [1.807, 2.05) is 7.05 Å². The molecule has 1 heterocycles. The van der Waals surface area contributed by atoms with Crippen LogP contribution in [0.3, 0.4) is 0 Å². The molecule has 0 aromatic rings. The maximum absolute atomic E-state index is 5.97. The summed E-state index contributed by atoms with van der Waals surface area (Å²) >= 11 is 0. The Bertz CT molecular complexity index is 350. The van der Waals surface area contributed by atoms with Gasteiger partial charge in [-0.15, -0.1) is 0 Å². The van der Waals surface area contributed by atoms with Gasteiger partial charge in [0.2, 0.25) is 0 Å². The van der Waals surface area contributed by atoms with Gasteiger partial charge in [-0.05, 0) is 32.1 Å². The number of nitrogens with zero attached hydrogens (tertiary/aromatic N) is 1. The first-order valence-electron chi connectivity index (χ1n) is 8.81. The highest BCUT2D eigenvalue weighted by atomic mass is 16.5. The van der Waals surface area contributed by atoms with E-state index in [0.29, 0.717) is 6.10 Å². The van der Waals surface area contributed by atoms with E-state index in [-0.39, 0.29) is 5.41 Å². The van der Waals surface area contributed by atoms with E-state index in [1.165, 1.54) is 25.7 Å². The van der Waals surface area contributed by atoms with E-state index in [1.54, 1.807) is 0 Å². The molecule has 1 aliphatic carbocycles. The SMILES string of the molecule is CCOC(CCNC(=NC)NCC1(C)COC1)C1CCCC1. The Balaban J connectivity index is 1.67. The lowest BCUT2D eigenvalue weighted by Gasteiger charge is -2.38. The zero-order valence-electron chi connectivity index (χ0n) is 14.5. The molecule has 2 N–H and O–H groups in total. The fourth-order valence-electron chi connectivity index (χ4n) is 3.40. The quantitative estimate of drug-likeness (QED) is 0.533. The number of rotatable bonds is 8. The Morgan fingerprint density at radius 3 is 2.59 bits per heavy atom. The Morgan fingerprint density at radius 1 is 1.32 bits per heavy atom. The summed E-state index contributed by atoms with van der Waals surface area (Å²) in [6.07, 6.45) is 6.85. The maximum atomic E-state index is 5.97. The highest BCUT2D eigenvalue weighted by Crippen LogP contribution is 2.30. The molecule has 128 valence electrons. The molecule has 1 atom stereocenters. The van der Waals surface area contributed by atoms with Gasteiger partial charge in [0.05, 0.1) is 19.3 Å². The van der Waals surface area contributed by atoms with Crippen molar-refractivity contribution in [2.45, 2.75) is 52.1 Å². The Hall–Kier alpha value is -0.810. The van der Waals surface area contributed by atoms with Crippen molar-refractivity contribution in [3.63, 3.8) is 0 Å². The third-order valence-electron chi connectivity index (χ3n) is 4.83. The molecule has 0 radical (unpaired) electrons. The fourth-order valence-corrected chi connectivity index (χ4v) is 3.40. The molecule has 0 aromatic carbocycles. The predicted molar refractivity (Wildman–Crippen MR) is 90.3 cm³/mol. The van der Waals surface area contributed by atoms with Crippen LogP contribution in [-0.4, -0.2) is 52.0 Å². The van der Waals surface area contributed by atoms with E-state index >= 15 is 0 Å². The van der Waals surface area contributed by atoms with Crippen LogP contribution in [0.15, 0.2) is 4.99 Å². The van der Waals surface area contributed by atoms with E-state index in [9.17, 15) is 0 Å². The molecule has 0 aromatic heterocycles. The minimum Gasteiger partial charge on any atom is -0.380 e.